The van der Waals surface area contributed by atoms with Gasteiger partial charge >= 0.3 is 0 Å². The summed E-state index contributed by atoms with van der Waals surface area (Å²) >= 11 is 9.29. The molecule has 0 aliphatic carbocycles. The zero-order valence-corrected chi connectivity index (χ0v) is 13.7. The van der Waals surface area contributed by atoms with Crippen LogP contribution >= 0.6 is 39.9 Å². The van der Waals surface area contributed by atoms with Crippen molar-refractivity contribution in [2.45, 2.75) is 38.8 Å². The summed E-state index contributed by atoms with van der Waals surface area (Å²) in [6.45, 7) is 4.27. The molecule has 5 heteroatoms. The van der Waals surface area contributed by atoms with Gasteiger partial charge in [-0.15, -0.1) is 12.4 Å². The van der Waals surface area contributed by atoms with Gasteiger partial charge in [-0.2, -0.15) is 0 Å². The summed E-state index contributed by atoms with van der Waals surface area (Å²) in [4.78, 5) is 0. The highest BCUT2D eigenvalue weighted by molar-refractivity contribution is 9.10. The number of nitrogens with two attached hydrogens (primary N) is 1. The number of halogens is 3. The van der Waals surface area contributed by atoms with Crippen molar-refractivity contribution in [2.75, 3.05) is 0 Å². The highest BCUT2D eigenvalue weighted by atomic mass is 79.9. The van der Waals surface area contributed by atoms with Gasteiger partial charge in [0.05, 0.1) is 12.1 Å². The van der Waals surface area contributed by atoms with E-state index in [4.69, 9.17) is 17.3 Å². The molecule has 0 aliphatic heterocycles. The first kappa shape index (κ1) is 18.2. The van der Waals surface area contributed by atoms with E-state index in [-0.39, 0.29) is 18.4 Å². The molecule has 0 bridgehead atoms. The molecule has 1 aromatic carbocycles. The number of aliphatic hydroxyl groups excluding tert-OH is 1. The van der Waals surface area contributed by atoms with Crippen LogP contribution in [0.4, 0.5) is 0 Å². The van der Waals surface area contributed by atoms with Gasteiger partial charge in [-0.3, -0.25) is 0 Å². The fraction of sp³-hybridized carbons (Fsp3) is 0.538. The summed E-state index contributed by atoms with van der Waals surface area (Å²) in [7, 11) is 0. The summed E-state index contributed by atoms with van der Waals surface area (Å²) < 4.78 is 0.848. The molecule has 0 aromatic heterocycles. The van der Waals surface area contributed by atoms with Crippen molar-refractivity contribution in [1.29, 1.82) is 0 Å². The maximum Gasteiger partial charge on any atom is 0.0733 e. The Hall–Kier alpha value is 0.200. The van der Waals surface area contributed by atoms with E-state index in [0.717, 1.165) is 16.5 Å². The van der Waals surface area contributed by atoms with E-state index < -0.39 is 6.10 Å². The molecule has 2 nitrogen and oxygen atoms in total. The molecule has 0 saturated carbocycles. The van der Waals surface area contributed by atoms with Gasteiger partial charge in [-0.1, -0.05) is 47.4 Å². The molecule has 0 heterocycles. The highest BCUT2D eigenvalue weighted by Gasteiger charge is 2.19. The fourth-order valence-corrected chi connectivity index (χ4v) is 2.61. The lowest BCUT2D eigenvalue weighted by atomic mass is 9.96. The number of hydrogen-bond acceptors (Lipinski definition) is 2. The largest absolute Gasteiger partial charge is 0.391 e. The number of rotatable bonds is 5. The van der Waals surface area contributed by atoms with Crippen LogP contribution in [0, 0.1) is 5.92 Å². The molecule has 0 amide bonds. The minimum Gasteiger partial charge on any atom is -0.391 e. The smallest absolute Gasteiger partial charge is 0.0733 e. The third-order valence-electron chi connectivity index (χ3n) is 2.78. The van der Waals surface area contributed by atoms with E-state index in [1.165, 1.54) is 0 Å². The van der Waals surface area contributed by atoms with Gasteiger partial charge in [0.15, 0.2) is 0 Å². The molecule has 0 unspecified atom stereocenters. The Morgan fingerprint density at radius 2 is 1.94 bits per heavy atom. The van der Waals surface area contributed by atoms with E-state index in [1.807, 2.05) is 6.07 Å². The van der Waals surface area contributed by atoms with Crippen molar-refractivity contribution in [1.82, 2.24) is 0 Å². The topological polar surface area (TPSA) is 46.2 Å². The molecule has 0 aliphatic rings. The van der Waals surface area contributed by atoms with Crippen LogP contribution in [0.25, 0.3) is 0 Å². The second-order valence-corrected chi connectivity index (χ2v) is 6.02. The van der Waals surface area contributed by atoms with Gasteiger partial charge in [-0.25, -0.2) is 0 Å². The molecular weight excluding hydrogens is 337 g/mol. The van der Waals surface area contributed by atoms with Crippen molar-refractivity contribution in [3.8, 4) is 0 Å². The van der Waals surface area contributed by atoms with Crippen LogP contribution in [-0.4, -0.2) is 11.2 Å². The Balaban J connectivity index is 0.00000289. The van der Waals surface area contributed by atoms with Crippen LogP contribution in [0.15, 0.2) is 22.7 Å². The maximum absolute atomic E-state index is 10.0. The van der Waals surface area contributed by atoms with E-state index >= 15 is 0 Å². The zero-order chi connectivity index (χ0) is 13.0. The molecule has 0 spiro atoms. The van der Waals surface area contributed by atoms with Gasteiger partial charge in [0.25, 0.3) is 0 Å². The minimum atomic E-state index is -0.519. The average molecular weight is 357 g/mol. The summed E-state index contributed by atoms with van der Waals surface area (Å²) in [5, 5.41) is 10.7. The monoisotopic (exact) mass is 355 g/mol. The molecule has 1 aromatic rings. The standard InChI is InChI=1S/C13H19BrClNO.ClH/c1-8(2)3-6-12(17)13(16)10-5-4-9(15)7-11(10)14;/h4-5,7-8,12-13,17H,3,6,16H2,1-2H3;1H/t12-,13+;/m0./s1. The lowest BCUT2D eigenvalue weighted by Crippen LogP contribution is -2.26. The lowest BCUT2D eigenvalue weighted by molar-refractivity contribution is 0.128. The highest BCUT2D eigenvalue weighted by Crippen LogP contribution is 2.28. The first-order valence-electron chi connectivity index (χ1n) is 5.80. The first-order chi connectivity index (χ1) is 7.91. The van der Waals surface area contributed by atoms with Gasteiger partial charge in [0.1, 0.15) is 0 Å². The second kappa shape index (κ2) is 8.39. The van der Waals surface area contributed by atoms with Crippen LogP contribution in [0.3, 0.4) is 0 Å². The third kappa shape index (κ3) is 5.45. The van der Waals surface area contributed by atoms with Gasteiger partial charge in [-0.05, 0) is 36.5 Å². The zero-order valence-electron chi connectivity index (χ0n) is 10.6. The normalized spacial score (nSPS) is 14.2. The van der Waals surface area contributed by atoms with Crippen LogP contribution in [0.2, 0.25) is 5.02 Å². The summed E-state index contributed by atoms with van der Waals surface area (Å²) in [5.74, 6) is 0.575. The Kier molecular flexibility index (Phi) is 8.48. The van der Waals surface area contributed by atoms with E-state index in [2.05, 4.69) is 29.8 Å². The van der Waals surface area contributed by atoms with E-state index in [9.17, 15) is 5.11 Å². The van der Waals surface area contributed by atoms with E-state index in [1.54, 1.807) is 12.1 Å². The Morgan fingerprint density at radius 3 is 2.44 bits per heavy atom. The predicted molar refractivity (Wildman–Crippen MR) is 83.4 cm³/mol. The molecule has 0 radical (unpaired) electrons. The molecule has 0 saturated heterocycles. The van der Waals surface area contributed by atoms with Gasteiger partial charge in [0.2, 0.25) is 0 Å². The maximum atomic E-state index is 10.0. The SMILES string of the molecule is CC(C)CC[C@H](O)[C@H](N)c1ccc(Cl)cc1Br.Cl. The molecule has 18 heavy (non-hydrogen) atoms. The molecule has 2 atom stereocenters. The lowest BCUT2D eigenvalue weighted by Gasteiger charge is -2.21. The average Bonchev–Trinajstić information content (AvgIpc) is 2.25. The Morgan fingerprint density at radius 1 is 1.33 bits per heavy atom. The molecule has 0 fully saturated rings. The number of hydrogen-bond donors (Lipinski definition) is 2. The Labute approximate surface area is 128 Å². The van der Waals surface area contributed by atoms with Crippen LogP contribution in [0.1, 0.15) is 38.3 Å². The third-order valence-corrected chi connectivity index (χ3v) is 3.70. The number of aliphatic hydroxyl groups is 1. The van der Waals surface area contributed by atoms with E-state index in [0.29, 0.717) is 17.4 Å². The molecule has 3 N–H and O–H groups in total. The van der Waals surface area contributed by atoms with Crippen molar-refractivity contribution in [2.24, 2.45) is 11.7 Å². The first-order valence-corrected chi connectivity index (χ1v) is 6.97. The van der Waals surface area contributed by atoms with Crippen molar-refractivity contribution < 1.29 is 5.11 Å². The fourth-order valence-electron chi connectivity index (χ4n) is 1.66. The molecular formula is C13H20BrCl2NO. The van der Waals surface area contributed by atoms with Crippen molar-refractivity contribution in [3.05, 3.63) is 33.3 Å². The molecule has 1 rings (SSSR count). The summed E-state index contributed by atoms with van der Waals surface area (Å²) in [5.41, 5.74) is 6.95. The predicted octanol–water partition coefficient (Wildman–Crippen LogP) is 4.32. The van der Waals surface area contributed by atoms with Crippen LogP contribution in [0.5, 0.6) is 0 Å². The second-order valence-electron chi connectivity index (χ2n) is 4.73. The number of benzene rings is 1. The van der Waals surface area contributed by atoms with Crippen LogP contribution in [-0.2, 0) is 0 Å². The van der Waals surface area contributed by atoms with Gasteiger partial charge in [0, 0.05) is 9.50 Å². The summed E-state index contributed by atoms with van der Waals surface area (Å²) in [6.07, 6.45) is 1.17. The van der Waals surface area contributed by atoms with Gasteiger partial charge < -0.3 is 10.8 Å². The quantitative estimate of drug-likeness (QED) is 0.825. The summed E-state index contributed by atoms with van der Waals surface area (Å²) in [6, 6.07) is 5.07. The van der Waals surface area contributed by atoms with Crippen molar-refractivity contribution in [3.63, 3.8) is 0 Å². The molecule has 104 valence electrons. The minimum absolute atomic E-state index is 0. The Bertz CT molecular complexity index is 374. The van der Waals surface area contributed by atoms with Crippen molar-refractivity contribution >= 4 is 39.9 Å². The van der Waals surface area contributed by atoms with Crippen LogP contribution < -0.4 is 5.73 Å².